The maximum Gasteiger partial charge on any atom is 0.231 e. The minimum absolute atomic E-state index is 0.145. The Morgan fingerprint density at radius 1 is 0.971 bits per heavy atom. The average Bonchev–Trinajstić information content (AvgIpc) is 3.49. The Kier molecular flexibility index (Phi) is 6.44. The summed E-state index contributed by atoms with van der Waals surface area (Å²) < 4.78 is 26.0. The number of ether oxygens (including phenoxy) is 2. The zero-order chi connectivity index (χ0) is 23.3. The second kappa shape index (κ2) is 9.96. The second-order valence-electron chi connectivity index (χ2n) is 7.64. The van der Waals surface area contributed by atoms with Crippen molar-refractivity contribution in [3.63, 3.8) is 0 Å². The van der Waals surface area contributed by atoms with Crippen molar-refractivity contribution < 1.29 is 18.7 Å². The summed E-state index contributed by atoms with van der Waals surface area (Å²) in [6.45, 7) is 1.06. The van der Waals surface area contributed by atoms with Crippen LogP contribution in [0.25, 0.3) is 11.4 Å². The number of halogens is 1. The number of thioether (sulfide) groups is 1. The standard InChI is InChI=1S/C25H21FN4O3S/c26-20-9-6-17(7-10-20)13-27-23(31)15-34-25-29-28-24(19-4-2-1-3-5-19)30(25)14-18-8-11-21-22(12-18)33-16-32-21/h1-12H,13-16H2,(H,27,31). The highest BCUT2D eigenvalue weighted by atomic mass is 32.2. The number of hydrogen-bond acceptors (Lipinski definition) is 6. The van der Waals surface area contributed by atoms with Gasteiger partial charge in [0, 0.05) is 12.1 Å². The van der Waals surface area contributed by atoms with Crippen molar-refractivity contribution in [1.82, 2.24) is 20.1 Å². The molecule has 172 valence electrons. The van der Waals surface area contributed by atoms with Gasteiger partial charge in [-0.3, -0.25) is 9.36 Å². The molecule has 9 heteroatoms. The lowest BCUT2D eigenvalue weighted by atomic mass is 10.2. The summed E-state index contributed by atoms with van der Waals surface area (Å²) in [5, 5.41) is 12.3. The summed E-state index contributed by atoms with van der Waals surface area (Å²) in [5.41, 5.74) is 2.77. The average molecular weight is 477 g/mol. The number of rotatable bonds is 8. The van der Waals surface area contributed by atoms with E-state index in [-0.39, 0.29) is 24.3 Å². The highest BCUT2D eigenvalue weighted by Gasteiger charge is 2.18. The van der Waals surface area contributed by atoms with Crippen molar-refractivity contribution in [3.05, 3.63) is 89.7 Å². The molecule has 3 aromatic carbocycles. The van der Waals surface area contributed by atoms with Gasteiger partial charge in [0.25, 0.3) is 0 Å². The van der Waals surface area contributed by atoms with Gasteiger partial charge in [0.1, 0.15) is 5.82 Å². The predicted molar refractivity (Wildman–Crippen MR) is 126 cm³/mol. The first-order chi connectivity index (χ1) is 16.7. The number of carbonyl (C=O) groups excluding carboxylic acids is 1. The third-order valence-electron chi connectivity index (χ3n) is 5.26. The van der Waals surface area contributed by atoms with E-state index < -0.39 is 0 Å². The zero-order valence-corrected chi connectivity index (χ0v) is 18.9. The molecule has 4 aromatic rings. The third-order valence-corrected chi connectivity index (χ3v) is 6.23. The third kappa shape index (κ3) is 5.04. The van der Waals surface area contributed by atoms with Crippen LogP contribution in [0.4, 0.5) is 4.39 Å². The highest BCUT2D eigenvalue weighted by Crippen LogP contribution is 2.33. The molecule has 0 fully saturated rings. The summed E-state index contributed by atoms with van der Waals surface area (Å²) in [4.78, 5) is 12.4. The van der Waals surface area contributed by atoms with Gasteiger partial charge in [-0.1, -0.05) is 60.3 Å². The monoisotopic (exact) mass is 476 g/mol. The van der Waals surface area contributed by atoms with Crippen LogP contribution in [-0.2, 0) is 17.9 Å². The summed E-state index contributed by atoms with van der Waals surface area (Å²) >= 11 is 1.31. The van der Waals surface area contributed by atoms with Crippen LogP contribution in [-0.4, -0.2) is 33.2 Å². The van der Waals surface area contributed by atoms with Crippen LogP contribution < -0.4 is 14.8 Å². The normalized spacial score (nSPS) is 12.0. The van der Waals surface area contributed by atoms with Crippen LogP contribution in [0.2, 0.25) is 0 Å². The maximum absolute atomic E-state index is 13.1. The van der Waals surface area contributed by atoms with E-state index in [1.807, 2.05) is 53.1 Å². The van der Waals surface area contributed by atoms with Crippen molar-refractivity contribution in [2.45, 2.75) is 18.2 Å². The minimum atomic E-state index is -0.304. The minimum Gasteiger partial charge on any atom is -0.454 e. The summed E-state index contributed by atoms with van der Waals surface area (Å²) in [6, 6.07) is 21.7. The fraction of sp³-hybridized carbons (Fsp3) is 0.160. The maximum atomic E-state index is 13.1. The van der Waals surface area contributed by atoms with Gasteiger partial charge in [0.05, 0.1) is 12.3 Å². The number of hydrogen-bond donors (Lipinski definition) is 1. The molecule has 2 heterocycles. The van der Waals surface area contributed by atoms with E-state index >= 15 is 0 Å². The molecule has 1 aliphatic heterocycles. The fourth-order valence-electron chi connectivity index (χ4n) is 3.54. The Morgan fingerprint density at radius 2 is 1.74 bits per heavy atom. The first-order valence-corrected chi connectivity index (χ1v) is 11.7. The van der Waals surface area contributed by atoms with Crippen molar-refractivity contribution in [2.24, 2.45) is 0 Å². The van der Waals surface area contributed by atoms with E-state index in [0.717, 1.165) is 22.4 Å². The first kappa shape index (κ1) is 22.0. The van der Waals surface area contributed by atoms with Gasteiger partial charge in [-0.15, -0.1) is 10.2 Å². The van der Waals surface area contributed by atoms with Crippen LogP contribution in [0.5, 0.6) is 11.5 Å². The molecule has 1 amide bonds. The van der Waals surface area contributed by atoms with Crippen LogP contribution in [0, 0.1) is 5.82 Å². The molecule has 0 radical (unpaired) electrons. The molecule has 7 nitrogen and oxygen atoms in total. The second-order valence-corrected chi connectivity index (χ2v) is 8.58. The Balaban J connectivity index is 1.31. The topological polar surface area (TPSA) is 78.3 Å². The molecule has 0 atom stereocenters. The fourth-order valence-corrected chi connectivity index (χ4v) is 4.31. The molecule has 1 aliphatic rings. The molecule has 1 aromatic heterocycles. The number of nitrogens with one attached hydrogen (secondary N) is 1. The van der Waals surface area contributed by atoms with Crippen molar-refractivity contribution in [1.29, 1.82) is 0 Å². The Labute approximate surface area is 199 Å². The summed E-state index contributed by atoms with van der Waals surface area (Å²) in [5.74, 6) is 1.88. The Hall–Kier alpha value is -3.85. The van der Waals surface area contributed by atoms with Crippen LogP contribution in [0.1, 0.15) is 11.1 Å². The van der Waals surface area contributed by atoms with Crippen LogP contribution in [0.3, 0.4) is 0 Å². The van der Waals surface area contributed by atoms with Gasteiger partial charge in [-0.25, -0.2) is 4.39 Å². The molecule has 1 N–H and O–H groups in total. The van der Waals surface area contributed by atoms with Crippen molar-refractivity contribution in [2.75, 3.05) is 12.5 Å². The van der Waals surface area contributed by atoms with Crippen molar-refractivity contribution in [3.8, 4) is 22.9 Å². The van der Waals surface area contributed by atoms with Gasteiger partial charge in [-0.05, 0) is 35.4 Å². The predicted octanol–water partition coefficient (Wildman–Crippen LogP) is 4.27. The molecule has 5 rings (SSSR count). The Morgan fingerprint density at radius 3 is 2.56 bits per heavy atom. The number of benzene rings is 3. The van der Waals surface area contributed by atoms with E-state index in [2.05, 4.69) is 15.5 Å². The van der Waals surface area contributed by atoms with Gasteiger partial charge in [0.15, 0.2) is 22.5 Å². The molecular formula is C25H21FN4O3S. The SMILES string of the molecule is O=C(CSc1nnc(-c2ccccc2)n1Cc1ccc2c(c1)OCO2)NCc1ccc(F)cc1. The van der Waals surface area contributed by atoms with E-state index in [1.54, 1.807) is 12.1 Å². The molecule has 0 saturated heterocycles. The molecule has 34 heavy (non-hydrogen) atoms. The molecule has 0 aliphatic carbocycles. The number of aromatic nitrogens is 3. The highest BCUT2D eigenvalue weighted by molar-refractivity contribution is 7.99. The number of fused-ring (bicyclic) bond motifs is 1. The molecule has 0 unspecified atom stereocenters. The van der Waals surface area contributed by atoms with Gasteiger partial charge >= 0.3 is 0 Å². The van der Waals surface area contributed by atoms with E-state index in [0.29, 0.717) is 29.8 Å². The first-order valence-electron chi connectivity index (χ1n) is 10.7. The van der Waals surface area contributed by atoms with E-state index in [4.69, 9.17) is 9.47 Å². The number of carbonyl (C=O) groups is 1. The molecule has 0 bridgehead atoms. The lowest BCUT2D eigenvalue weighted by Crippen LogP contribution is -2.24. The quantitative estimate of drug-likeness (QED) is 0.383. The van der Waals surface area contributed by atoms with Crippen molar-refractivity contribution >= 4 is 17.7 Å². The summed E-state index contributed by atoms with van der Waals surface area (Å²) in [7, 11) is 0. The molecular weight excluding hydrogens is 455 g/mol. The van der Waals surface area contributed by atoms with E-state index in [9.17, 15) is 9.18 Å². The van der Waals surface area contributed by atoms with Crippen LogP contribution >= 0.6 is 11.8 Å². The zero-order valence-electron chi connectivity index (χ0n) is 18.1. The molecule has 0 spiro atoms. The Bertz CT molecular complexity index is 1300. The van der Waals surface area contributed by atoms with Gasteiger partial charge in [-0.2, -0.15) is 0 Å². The van der Waals surface area contributed by atoms with Crippen LogP contribution in [0.15, 0.2) is 78.0 Å². The molecule has 0 saturated carbocycles. The lowest BCUT2D eigenvalue weighted by Gasteiger charge is -2.11. The number of amides is 1. The summed E-state index contributed by atoms with van der Waals surface area (Å²) in [6.07, 6.45) is 0. The number of nitrogens with zero attached hydrogens (tertiary/aromatic N) is 3. The van der Waals surface area contributed by atoms with Gasteiger partial charge < -0.3 is 14.8 Å². The smallest absolute Gasteiger partial charge is 0.231 e. The largest absolute Gasteiger partial charge is 0.454 e. The lowest BCUT2D eigenvalue weighted by molar-refractivity contribution is -0.118. The van der Waals surface area contributed by atoms with Gasteiger partial charge in [0.2, 0.25) is 12.7 Å². The van der Waals surface area contributed by atoms with E-state index in [1.165, 1.54) is 23.9 Å².